The smallest absolute Gasteiger partial charge is 0.217 e. The van der Waals surface area contributed by atoms with Crippen molar-refractivity contribution in [3.63, 3.8) is 0 Å². The molecule has 1 amide bonds. The number of ether oxygens (including phenoxy) is 2. The number of carbonyl (C=O) groups excluding carboxylic acids is 1. The molecule has 0 saturated carbocycles. The first-order chi connectivity index (χ1) is 11.1. The Hall–Kier alpha value is -1.88. The number of carbonyl (C=O) groups is 1. The van der Waals surface area contributed by atoms with Crippen LogP contribution in [0.1, 0.15) is 32.8 Å². The summed E-state index contributed by atoms with van der Waals surface area (Å²) >= 11 is 0. The summed E-state index contributed by atoms with van der Waals surface area (Å²) in [7, 11) is 0. The molecule has 0 bridgehead atoms. The first-order valence-corrected chi connectivity index (χ1v) is 8.19. The highest BCUT2D eigenvalue weighted by Gasteiger charge is 2.29. The molecule has 1 heterocycles. The van der Waals surface area contributed by atoms with Gasteiger partial charge in [-0.15, -0.1) is 0 Å². The quantitative estimate of drug-likeness (QED) is 0.801. The van der Waals surface area contributed by atoms with E-state index in [0.29, 0.717) is 25.7 Å². The molecule has 5 nitrogen and oxygen atoms in total. The van der Waals surface area contributed by atoms with E-state index in [1.54, 1.807) is 0 Å². The Morgan fingerprint density at radius 1 is 1.43 bits per heavy atom. The Kier molecular flexibility index (Phi) is 6.59. The topological polar surface area (TPSA) is 59.9 Å². The van der Waals surface area contributed by atoms with Crippen LogP contribution < -0.4 is 5.32 Å². The molecule has 0 saturated heterocycles. The van der Waals surface area contributed by atoms with E-state index in [0.717, 1.165) is 12.0 Å². The molecule has 0 spiro atoms. The number of amides is 1. The highest BCUT2D eigenvalue weighted by Crippen LogP contribution is 2.16. The normalized spacial score (nSPS) is 19.6. The number of aliphatic imine (C=N–C) groups is 1. The molecule has 5 heteroatoms. The molecule has 1 aromatic rings. The van der Waals surface area contributed by atoms with Crippen molar-refractivity contribution in [3.8, 4) is 0 Å². The van der Waals surface area contributed by atoms with Gasteiger partial charge in [-0.25, -0.2) is 4.99 Å². The Morgan fingerprint density at radius 2 is 2.17 bits per heavy atom. The molecule has 2 rings (SSSR count). The molecule has 0 unspecified atom stereocenters. The number of nitrogens with zero attached hydrogens (tertiary/aromatic N) is 1. The van der Waals surface area contributed by atoms with E-state index in [2.05, 4.69) is 24.2 Å². The molecular weight excluding hydrogens is 292 g/mol. The van der Waals surface area contributed by atoms with Gasteiger partial charge in [-0.1, -0.05) is 50.6 Å². The summed E-state index contributed by atoms with van der Waals surface area (Å²) < 4.78 is 11.4. The van der Waals surface area contributed by atoms with Crippen LogP contribution in [0.5, 0.6) is 0 Å². The molecule has 0 fully saturated rings. The van der Waals surface area contributed by atoms with Crippen LogP contribution in [-0.4, -0.2) is 37.1 Å². The van der Waals surface area contributed by atoms with Crippen molar-refractivity contribution < 1.29 is 14.3 Å². The molecule has 23 heavy (non-hydrogen) atoms. The second-order valence-electron chi connectivity index (χ2n) is 6.00. The van der Waals surface area contributed by atoms with Gasteiger partial charge in [0.05, 0.1) is 13.2 Å². The zero-order valence-electron chi connectivity index (χ0n) is 14.1. The minimum absolute atomic E-state index is 0.00553. The van der Waals surface area contributed by atoms with Gasteiger partial charge in [-0.05, 0) is 11.5 Å². The Labute approximate surface area is 138 Å². The predicted octanol–water partition coefficient (Wildman–Crippen LogP) is 2.55. The fourth-order valence-electron chi connectivity index (χ4n) is 2.48. The van der Waals surface area contributed by atoms with Crippen molar-refractivity contribution in [1.82, 2.24) is 5.32 Å². The van der Waals surface area contributed by atoms with E-state index in [9.17, 15) is 4.79 Å². The zero-order valence-corrected chi connectivity index (χ0v) is 14.1. The van der Waals surface area contributed by atoms with Gasteiger partial charge < -0.3 is 14.8 Å². The predicted molar refractivity (Wildman–Crippen MR) is 90.3 cm³/mol. The van der Waals surface area contributed by atoms with Gasteiger partial charge in [-0.3, -0.25) is 4.79 Å². The molecule has 0 aliphatic carbocycles. The second-order valence-corrected chi connectivity index (χ2v) is 6.00. The number of rotatable bonds is 8. The van der Waals surface area contributed by atoms with Crippen LogP contribution in [-0.2, 0) is 20.9 Å². The summed E-state index contributed by atoms with van der Waals surface area (Å²) in [5.41, 5.74) is 1.14. The summed E-state index contributed by atoms with van der Waals surface area (Å²) in [5.74, 6) is 0.842. The molecule has 1 N–H and O–H groups in total. The molecule has 0 aromatic heterocycles. The van der Waals surface area contributed by atoms with Crippen LogP contribution in [0.4, 0.5) is 0 Å². The highest BCUT2D eigenvalue weighted by atomic mass is 16.5. The van der Waals surface area contributed by atoms with Crippen LogP contribution in [0.25, 0.3) is 0 Å². The van der Waals surface area contributed by atoms with Gasteiger partial charge in [0.15, 0.2) is 0 Å². The monoisotopic (exact) mass is 318 g/mol. The van der Waals surface area contributed by atoms with Crippen molar-refractivity contribution in [2.24, 2.45) is 10.9 Å². The van der Waals surface area contributed by atoms with E-state index in [1.807, 2.05) is 30.3 Å². The summed E-state index contributed by atoms with van der Waals surface area (Å²) in [6.07, 6.45) is 0.947. The van der Waals surface area contributed by atoms with E-state index in [1.165, 1.54) is 6.92 Å². The average molecular weight is 318 g/mol. The van der Waals surface area contributed by atoms with Crippen LogP contribution >= 0.6 is 0 Å². The summed E-state index contributed by atoms with van der Waals surface area (Å²) in [4.78, 5) is 16.0. The molecule has 1 aromatic carbocycles. The lowest BCUT2D eigenvalue weighted by molar-refractivity contribution is -0.119. The van der Waals surface area contributed by atoms with Crippen LogP contribution in [0.15, 0.2) is 35.3 Å². The first kappa shape index (κ1) is 17.5. The maximum absolute atomic E-state index is 11.4. The second kappa shape index (κ2) is 8.67. The Balaban J connectivity index is 1.87. The van der Waals surface area contributed by atoms with Gasteiger partial charge in [0, 0.05) is 6.92 Å². The zero-order chi connectivity index (χ0) is 16.7. The van der Waals surface area contributed by atoms with Crippen molar-refractivity contribution >= 4 is 11.8 Å². The van der Waals surface area contributed by atoms with E-state index in [4.69, 9.17) is 9.47 Å². The van der Waals surface area contributed by atoms with E-state index in [-0.39, 0.29) is 23.9 Å². The van der Waals surface area contributed by atoms with Crippen LogP contribution in [0.3, 0.4) is 0 Å². The summed E-state index contributed by atoms with van der Waals surface area (Å²) in [6.45, 7) is 7.30. The van der Waals surface area contributed by atoms with Gasteiger partial charge in [0.25, 0.3) is 0 Å². The first-order valence-electron chi connectivity index (χ1n) is 8.19. The number of benzene rings is 1. The third-order valence-corrected chi connectivity index (χ3v) is 3.99. The maximum Gasteiger partial charge on any atom is 0.217 e. The molecule has 1 aliphatic heterocycles. The molecule has 1 aliphatic rings. The van der Waals surface area contributed by atoms with Gasteiger partial charge in [0.1, 0.15) is 18.7 Å². The maximum atomic E-state index is 11.4. The average Bonchev–Trinajstić information content (AvgIpc) is 3.01. The largest absolute Gasteiger partial charge is 0.477 e. The van der Waals surface area contributed by atoms with Crippen LogP contribution in [0, 0.1) is 5.92 Å². The Bertz CT molecular complexity index is 530. The molecule has 126 valence electrons. The molecule has 3 atom stereocenters. The third kappa shape index (κ3) is 5.36. The molecular formula is C18H26N2O3. The van der Waals surface area contributed by atoms with Crippen molar-refractivity contribution in [1.29, 1.82) is 0 Å². The lowest BCUT2D eigenvalue weighted by Crippen LogP contribution is -2.44. The van der Waals surface area contributed by atoms with Crippen molar-refractivity contribution in [2.45, 2.75) is 45.9 Å². The molecule has 0 radical (unpaired) electrons. The van der Waals surface area contributed by atoms with Crippen molar-refractivity contribution in [3.05, 3.63) is 35.9 Å². The van der Waals surface area contributed by atoms with Gasteiger partial charge >= 0.3 is 0 Å². The van der Waals surface area contributed by atoms with Crippen LogP contribution in [0.2, 0.25) is 0 Å². The minimum Gasteiger partial charge on any atom is -0.477 e. The lowest BCUT2D eigenvalue weighted by Gasteiger charge is -2.22. The highest BCUT2D eigenvalue weighted by molar-refractivity contribution is 5.88. The van der Waals surface area contributed by atoms with Gasteiger partial charge in [-0.2, -0.15) is 0 Å². The third-order valence-electron chi connectivity index (χ3n) is 3.99. The lowest BCUT2D eigenvalue weighted by atomic mass is 9.99. The summed E-state index contributed by atoms with van der Waals surface area (Å²) in [5, 5.41) is 2.94. The van der Waals surface area contributed by atoms with E-state index < -0.39 is 0 Å². The SMILES string of the molecule is CC[C@H](C)[C@H](NC(C)=O)C1=N[C@@H](COCc2ccccc2)CO1. The standard InChI is InChI=1S/C18H26N2O3/c1-4-13(2)17(19-14(3)21)18-20-16(12-23-18)11-22-10-15-8-6-5-7-9-15/h5-9,13,16-17H,4,10-12H2,1-3H3,(H,19,21)/t13-,16-,17-/m0/s1. The fraction of sp³-hybridized carbons (Fsp3) is 0.556. The van der Waals surface area contributed by atoms with Gasteiger partial charge in [0.2, 0.25) is 11.8 Å². The minimum atomic E-state index is -0.156. The number of nitrogens with one attached hydrogen (secondary N) is 1. The fourth-order valence-corrected chi connectivity index (χ4v) is 2.48. The number of hydrogen-bond donors (Lipinski definition) is 1. The van der Waals surface area contributed by atoms with E-state index >= 15 is 0 Å². The van der Waals surface area contributed by atoms with Crippen molar-refractivity contribution in [2.75, 3.05) is 13.2 Å². The Morgan fingerprint density at radius 3 is 2.83 bits per heavy atom. The summed E-state index contributed by atoms with van der Waals surface area (Å²) in [6, 6.07) is 9.90. The number of hydrogen-bond acceptors (Lipinski definition) is 4.